The number of sulfonamides is 1. The molecule has 22 heavy (non-hydrogen) atoms. The Bertz CT molecular complexity index is 666. The number of nitrogens with zero attached hydrogens (tertiary/aromatic N) is 1. The molecule has 7 nitrogen and oxygen atoms in total. The number of carboxylic acid groups (broad SMARTS) is 1. The maximum atomic E-state index is 12.5. The van der Waals surface area contributed by atoms with Crippen molar-refractivity contribution in [3.05, 3.63) is 29.8 Å². The molecule has 0 bridgehead atoms. The van der Waals surface area contributed by atoms with Crippen molar-refractivity contribution in [2.75, 3.05) is 19.6 Å². The summed E-state index contributed by atoms with van der Waals surface area (Å²) in [7, 11) is -3.61. The van der Waals surface area contributed by atoms with E-state index >= 15 is 0 Å². The van der Waals surface area contributed by atoms with Crippen molar-refractivity contribution >= 4 is 21.9 Å². The average Bonchev–Trinajstić information content (AvgIpc) is 2.53. The Balaban J connectivity index is 2.20. The molecular formula is C14H18N2O5S. The van der Waals surface area contributed by atoms with Crippen molar-refractivity contribution < 1.29 is 23.1 Å². The minimum atomic E-state index is -3.61. The lowest BCUT2D eigenvalue weighted by atomic mass is 10.2. The second-order valence-corrected chi connectivity index (χ2v) is 7.01. The van der Waals surface area contributed by atoms with Crippen molar-refractivity contribution in [2.24, 2.45) is 0 Å². The predicted octanol–water partition coefficient (Wildman–Crippen LogP) is 0.676. The molecule has 1 fully saturated rings. The van der Waals surface area contributed by atoms with Crippen molar-refractivity contribution in [1.29, 1.82) is 0 Å². The summed E-state index contributed by atoms with van der Waals surface area (Å²) >= 11 is 0. The van der Waals surface area contributed by atoms with Gasteiger partial charge in [0.05, 0.1) is 4.90 Å². The molecular weight excluding hydrogens is 308 g/mol. The summed E-state index contributed by atoms with van der Waals surface area (Å²) in [5, 5.41) is 10.8. The van der Waals surface area contributed by atoms with E-state index in [-0.39, 0.29) is 10.5 Å². The number of piperidine rings is 1. The van der Waals surface area contributed by atoms with Crippen LogP contribution in [-0.4, -0.2) is 49.3 Å². The van der Waals surface area contributed by atoms with Crippen LogP contribution in [0, 0.1) is 0 Å². The molecule has 0 aromatic heterocycles. The van der Waals surface area contributed by atoms with Crippen LogP contribution < -0.4 is 5.32 Å². The second kappa shape index (κ2) is 6.89. The maximum Gasteiger partial charge on any atom is 0.322 e. The van der Waals surface area contributed by atoms with Crippen LogP contribution in [0.2, 0.25) is 0 Å². The molecule has 1 amide bonds. The smallest absolute Gasteiger partial charge is 0.322 e. The predicted molar refractivity (Wildman–Crippen MR) is 79.0 cm³/mol. The minimum Gasteiger partial charge on any atom is -0.480 e. The number of carbonyl (C=O) groups excluding carboxylic acids is 1. The lowest BCUT2D eigenvalue weighted by Crippen LogP contribution is -2.35. The number of nitrogens with one attached hydrogen (secondary N) is 1. The Morgan fingerprint density at radius 3 is 2.50 bits per heavy atom. The summed E-state index contributed by atoms with van der Waals surface area (Å²) in [5.41, 5.74) is 0.124. The van der Waals surface area contributed by atoms with Crippen molar-refractivity contribution in [3.8, 4) is 0 Å². The zero-order chi connectivity index (χ0) is 16.2. The van der Waals surface area contributed by atoms with Gasteiger partial charge in [0.2, 0.25) is 10.0 Å². The number of hydrogen-bond donors (Lipinski definition) is 2. The largest absolute Gasteiger partial charge is 0.480 e. The van der Waals surface area contributed by atoms with E-state index in [0.29, 0.717) is 13.1 Å². The number of carboxylic acids is 1. The highest BCUT2D eigenvalue weighted by Crippen LogP contribution is 2.21. The molecule has 1 aromatic carbocycles. The van der Waals surface area contributed by atoms with E-state index in [1.807, 2.05) is 0 Å². The van der Waals surface area contributed by atoms with Gasteiger partial charge in [-0.15, -0.1) is 0 Å². The highest BCUT2D eigenvalue weighted by atomic mass is 32.2. The molecule has 0 aliphatic carbocycles. The molecule has 0 atom stereocenters. The second-order valence-electron chi connectivity index (χ2n) is 5.07. The number of rotatable bonds is 5. The van der Waals surface area contributed by atoms with Gasteiger partial charge in [0.15, 0.2) is 0 Å². The summed E-state index contributed by atoms with van der Waals surface area (Å²) in [6, 6.07) is 5.65. The van der Waals surface area contributed by atoms with Gasteiger partial charge in [-0.25, -0.2) is 8.42 Å². The third-order valence-electron chi connectivity index (χ3n) is 3.45. The fourth-order valence-electron chi connectivity index (χ4n) is 2.31. The quantitative estimate of drug-likeness (QED) is 0.828. The van der Waals surface area contributed by atoms with Crippen molar-refractivity contribution in [1.82, 2.24) is 9.62 Å². The first kappa shape index (κ1) is 16.4. The summed E-state index contributed by atoms with van der Waals surface area (Å²) in [6.07, 6.45) is 2.68. The fourth-order valence-corrected chi connectivity index (χ4v) is 3.87. The van der Waals surface area contributed by atoms with Gasteiger partial charge in [0.25, 0.3) is 5.91 Å². The Hall–Kier alpha value is -1.93. The Morgan fingerprint density at radius 1 is 1.18 bits per heavy atom. The van der Waals surface area contributed by atoms with E-state index in [2.05, 4.69) is 5.32 Å². The van der Waals surface area contributed by atoms with Crippen LogP contribution >= 0.6 is 0 Å². The molecule has 2 N–H and O–H groups in total. The molecule has 0 spiro atoms. The molecule has 1 aliphatic heterocycles. The van der Waals surface area contributed by atoms with E-state index < -0.39 is 28.4 Å². The molecule has 1 heterocycles. The first-order chi connectivity index (χ1) is 10.4. The number of amides is 1. The number of carbonyl (C=O) groups is 2. The fraction of sp³-hybridized carbons (Fsp3) is 0.429. The zero-order valence-corrected chi connectivity index (χ0v) is 12.8. The van der Waals surface area contributed by atoms with Gasteiger partial charge < -0.3 is 10.4 Å². The highest BCUT2D eigenvalue weighted by molar-refractivity contribution is 7.89. The number of aliphatic carboxylic acids is 1. The maximum absolute atomic E-state index is 12.5. The van der Waals surface area contributed by atoms with Gasteiger partial charge in [-0.1, -0.05) is 12.5 Å². The topological polar surface area (TPSA) is 104 Å². The molecule has 1 saturated heterocycles. The van der Waals surface area contributed by atoms with Gasteiger partial charge in [-0.2, -0.15) is 4.31 Å². The summed E-state index contributed by atoms with van der Waals surface area (Å²) in [5.74, 6) is -1.77. The van der Waals surface area contributed by atoms with Crippen LogP contribution in [0.25, 0.3) is 0 Å². The van der Waals surface area contributed by atoms with Gasteiger partial charge in [-0.05, 0) is 31.0 Å². The molecule has 0 radical (unpaired) electrons. The SMILES string of the molecule is O=C(O)CNC(=O)c1cccc(S(=O)(=O)N2CCCCC2)c1. The molecule has 8 heteroatoms. The molecule has 0 saturated carbocycles. The van der Waals surface area contributed by atoms with E-state index in [9.17, 15) is 18.0 Å². The number of hydrogen-bond acceptors (Lipinski definition) is 4. The van der Waals surface area contributed by atoms with Crippen LogP contribution in [0.5, 0.6) is 0 Å². The molecule has 1 aliphatic rings. The van der Waals surface area contributed by atoms with E-state index in [4.69, 9.17) is 5.11 Å². The van der Waals surface area contributed by atoms with Gasteiger partial charge >= 0.3 is 5.97 Å². The minimum absolute atomic E-state index is 0.0531. The molecule has 1 aromatic rings. The van der Waals surface area contributed by atoms with Crippen LogP contribution in [0.3, 0.4) is 0 Å². The molecule has 2 rings (SSSR count). The summed E-state index contributed by atoms with van der Waals surface area (Å²) in [6.45, 7) is 0.456. The van der Waals surface area contributed by atoms with Crippen LogP contribution in [0.4, 0.5) is 0 Å². The standard InChI is InChI=1S/C14H18N2O5S/c17-13(18)10-15-14(19)11-5-4-6-12(9-11)22(20,21)16-7-2-1-3-8-16/h4-6,9H,1-3,7-8,10H2,(H,15,19)(H,17,18). The van der Waals surface area contributed by atoms with Crippen LogP contribution in [0.15, 0.2) is 29.2 Å². The van der Waals surface area contributed by atoms with E-state index in [0.717, 1.165) is 19.3 Å². The Labute approximate surface area is 129 Å². The van der Waals surface area contributed by atoms with Gasteiger partial charge in [0.1, 0.15) is 6.54 Å². The van der Waals surface area contributed by atoms with Crippen LogP contribution in [-0.2, 0) is 14.8 Å². The first-order valence-corrected chi connectivity index (χ1v) is 8.45. The van der Waals surface area contributed by atoms with Gasteiger partial charge in [-0.3, -0.25) is 9.59 Å². The lowest BCUT2D eigenvalue weighted by molar-refractivity contribution is -0.135. The third-order valence-corrected chi connectivity index (χ3v) is 5.34. The highest BCUT2D eigenvalue weighted by Gasteiger charge is 2.26. The van der Waals surface area contributed by atoms with Crippen molar-refractivity contribution in [2.45, 2.75) is 24.2 Å². The summed E-state index contributed by atoms with van der Waals surface area (Å²) in [4.78, 5) is 22.3. The third kappa shape index (κ3) is 3.83. The first-order valence-electron chi connectivity index (χ1n) is 7.01. The normalized spacial score (nSPS) is 16.2. The van der Waals surface area contributed by atoms with Crippen LogP contribution in [0.1, 0.15) is 29.6 Å². The van der Waals surface area contributed by atoms with Gasteiger partial charge in [0, 0.05) is 18.7 Å². The molecule has 0 unspecified atom stereocenters. The van der Waals surface area contributed by atoms with E-state index in [1.165, 1.54) is 28.6 Å². The van der Waals surface area contributed by atoms with E-state index in [1.54, 1.807) is 0 Å². The Morgan fingerprint density at radius 2 is 1.86 bits per heavy atom. The number of benzene rings is 1. The monoisotopic (exact) mass is 326 g/mol. The average molecular weight is 326 g/mol. The summed E-state index contributed by atoms with van der Waals surface area (Å²) < 4.78 is 26.5. The zero-order valence-electron chi connectivity index (χ0n) is 12.0. The Kier molecular flexibility index (Phi) is 5.15. The van der Waals surface area contributed by atoms with Crippen molar-refractivity contribution in [3.63, 3.8) is 0 Å². The lowest BCUT2D eigenvalue weighted by Gasteiger charge is -2.26. The molecule has 120 valence electrons.